The summed E-state index contributed by atoms with van der Waals surface area (Å²) in [7, 11) is 1.75. The van der Waals surface area contributed by atoms with Gasteiger partial charge in [-0.2, -0.15) is 0 Å². The zero-order valence-corrected chi connectivity index (χ0v) is 20.5. The van der Waals surface area contributed by atoms with Crippen molar-refractivity contribution in [1.29, 1.82) is 0 Å². The molecule has 1 fully saturated rings. The van der Waals surface area contributed by atoms with E-state index < -0.39 is 11.9 Å². The van der Waals surface area contributed by atoms with Crippen molar-refractivity contribution in [3.63, 3.8) is 0 Å². The van der Waals surface area contributed by atoms with Crippen LogP contribution in [0.3, 0.4) is 0 Å². The van der Waals surface area contributed by atoms with Crippen molar-refractivity contribution in [2.24, 2.45) is 0 Å². The molecular formula is C25H32FN5O4. The van der Waals surface area contributed by atoms with Gasteiger partial charge in [0, 0.05) is 31.4 Å². The molecule has 1 aromatic carbocycles. The molecule has 1 atom stereocenters. The molecule has 2 aromatic heterocycles. The van der Waals surface area contributed by atoms with Crippen LogP contribution in [-0.4, -0.2) is 65.8 Å². The van der Waals surface area contributed by atoms with Gasteiger partial charge in [0.15, 0.2) is 5.82 Å². The highest BCUT2D eigenvalue weighted by Gasteiger charge is 2.23. The highest BCUT2D eigenvalue weighted by molar-refractivity contribution is 5.74. The molecule has 1 aliphatic heterocycles. The van der Waals surface area contributed by atoms with Gasteiger partial charge < -0.3 is 29.7 Å². The van der Waals surface area contributed by atoms with Crippen molar-refractivity contribution in [1.82, 2.24) is 20.4 Å². The summed E-state index contributed by atoms with van der Waals surface area (Å²) in [5, 5.41) is 20.4. The van der Waals surface area contributed by atoms with Crippen LogP contribution in [0.15, 0.2) is 22.7 Å². The summed E-state index contributed by atoms with van der Waals surface area (Å²) in [5.74, 6) is 1.42. The zero-order valence-electron chi connectivity index (χ0n) is 20.5. The van der Waals surface area contributed by atoms with Gasteiger partial charge in [0.1, 0.15) is 35.9 Å². The Bertz CT molecular complexity index is 1140. The van der Waals surface area contributed by atoms with Crippen LogP contribution >= 0.6 is 0 Å². The molecule has 9 nitrogen and oxygen atoms in total. The van der Waals surface area contributed by atoms with Gasteiger partial charge in [-0.3, -0.25) is 0 Å². The fourth-order valence-corrected chi connectivity index (χ4v) is 4.13. The average Bonchev–Trinajstić information content (AvgIpc) is 3.18. The Hall–Kier alpha value is -3.08. The molecule has 3 aromatic rings. The van der Waals surface area contributed by atoms with Crippen molar-refractivity contribution in [3.8, 4) is 28.4 Å². The lowest BCUT2D eigenvalue weighted by molar-refractivity contribution is 0.0904. The van der Waals surface area contributed by atoms with Crippen LogP contribution in [-0.2, 0) is 4.74 Å². The van der Waals surface area contributed by atoms with E-state index in [-0.39, 0.29) is 24.0 Å². The molecular weight excluding hydrogens is 453 g/mol. The fraction of sp³-hybridized carbons (Fsp3) is 0.480. The number of ether oxygens (including phenoxy) is 2. The van der Waals surface area contributed by atoms with Gasteiger partial charge in [0.2, 0.25) is 0 Å². The number of aliphatic hydroxyl groups excluding tert-OH is 1. The molecule has 0 radical (unpaired) electrons. The second kappa shape index (κ2) is 11.1. The molecule has 35 heavy (non-hydrogen) atoms. The maximum atomic E-state index is 15.0. The first-order valence-corrected chi connectivity index (χ1v) is 11.8. The highest BCUT2D eigenvalue weighted by atomic mass is 19.1. The second-order valence-corrected chi connectivity index (χ2v) is 8.76. The minimum absolute atomic E-state index is 0.0710. The largest absolute Gasteiger partial charge is 0.491 e. The summed E-state index contributed by atoms with van der Waals surface area (Å²) >= 11 is 0. The Morgan fingerprint density at radius 3 is 2.66 bits per heavy atom. The van der Waals surface area contributed by atoms with Crippen molar-refractivity contribution in [3.05, 3.63) is 41.0 Å². The molecule has 0 amide bonds. The van der Waals surface area contributed by atoms with Crippen LogP contribution in [0.1, 0.15) is 29.9 Å². The minimum Gasteiger partial charge on any atom is -0.491 e. The summed E-state index contributed by atoms with van der Waals surface area (Å²) in [6.07, 6.45) is 1.02. The van der Waals surface area contributed by atoms with Crippen molar-refractivity contribution in [2.45, 2.75) is 45.8 Å². The second-order valence-electron chi connectivity index (χ2n) is 8.76. The number of anilines is 1. The Balaban J connectivity index is 1.76. The SMILES string of the molecule is CNCC(O)COc1ccc(F)c(-c2nc(NC3CCOCC3)c(C)c(-c3c(C)noc3C)n2)c1. The Morgan fingerprint density at radius 2 is 1.97 bits per heavy atom. The zero-order chi connectivity index (χ0) is 24.9. The quantitative estimate of drug-likeness (QED) is 0.419. The number of aryl methyl sites for hydroxylation is 2. The van der Waals surface area contributed by atoms with E-state index in [0.717, 1.165) is 24.0 Å². The number of nitrogens with one attached hydrogen (secondary N) is 2. The standard InChI is InChI=1S/C25H32FN5O4/c1-14-23(22-15(2)31-35-16(22)3)29-25(30-24(14)28-17-7-9-33-10-8-17)20-11-19(5-6-21(20)26)34-13-18(32)12-27-4/h5-6,11,17-18,27,32H,7-10,12-13H2,1-4H3,(H,28,29,30). The highest BCUT2D eigenvalue weighted by Crippen LogP contribution is 2.35. The third-order valence-electron chi connectivity index (χ3n) is 6.04. The predicted molar refractivity (Wildman–Crippen MR) is 130 cm³/mol. The molecule has 188 valence electrons. The fourth-order valence-electron chi connectivity index (χ4n) is 4.13. The van der Waals surface area contributed by atoms with Crippen LogP contribution in [0, 0.1) is 26.6 Å². The van der Waals surface area contributed by atoms with E-state index in [4.69, 9.17) is 24.0 Å². The van der Waals surface area contributed by atoms with E-state index in [1.54, 1.807) is 13.1 Å². The van der Waals surface area contributed by atoms with Gasteiger partial charge in [-0.25, -0.2) is 14.4 Å². The van der Waals surface area contributed by atoms with E-state index in [2.05, 4.69) is 15.8 Å². The van der Waals surface area contributed by atoms with Gasteiger partial charge in [0.25, 0.3) is 0 Å². The number of halogens is 1. The van der Waals surface area contributed by atoms with E-state index >= 15 is 4.39 Å². The van der Waals surface area contributed by atoms with Crippen molar-refractivity contribution in [2.75, 3.05) is 38.7 Å². The molecule has 1 saturated heterocycles. The topological polar surface area (TPSA) is 115 Å². The van der Waals surface area contributed by atoms with Crippen molar-refractivity contribution >= 4 is 5.82 Å². The van der Waals surface area contributed by atoms with Gasteiger partial charge in [-0.1, -0.05) is 5.16 Å². The maximum Gasteiger partial charge on any atom is 0.165 e. The summed E-state index contributed by atoms with van der Waals surface area (Å²) in [5.41, 5.74) is 3.13. The molecule has 1 unspecified atom stereocenters. The Morgan fingerprint density at radius 1 is 1.20 bits per heavy atom. The molecule has 0 aliphatic carbocycles. The first kappa shape index (κ1) is 25.0. The summed E-state index contributed by atoms with van der Waals surface area (Å²) in [6.45, 7) is 7.43. The van der Waals surface area contributed by atoms with Crippen LogP contribution in [0.5, 0.6) is 5.75 Å². The van der Waals surface area contributed by atoms with E-state index in [9.17, 15) is 5.11 Å². The molecule has 3 heterocycles. The third kappa shape index (κ3) is 5.77. The number of rotatable bonds is 9. The van der Waals surface area contributed by atoms with Gasteiger partial charge >= 0.3 is 0 Å². The third-order valence-corrected chi connectivity index (χ3v) is 6.04. The van der Waals surface area contributed by atoms with Crippen LogP contribution in [0.2, 0.25) is 0 Å². The maximum absolute atomic E-state index is 15.0. The number of aliphatic hydroxyl groups is 1. The lowest BCUT2D eigenvalue weighted by Crippen LogP contribution is -2.29. The molecule has 0 bridgehead atoms. The number of hydrogen-bond acceptors (Lipinski definition) is 9. The van der Waals surface area contributed by atoms with Crippen LogP contribution in [0.25, 0.3) is 22.6 Å². The number of nitrogens with zero attached hydrogens (tertiary/aromatic N) is 3. The van der Waals surface area contributed by atoms with E-state index in [1.807, 2.05) is 20.8 Å². The first-order valence-electron chi connectivity index (χ1n) is 11.8. The van der Waals surface area contributed by atoms with Gasteiger partial charge in [0.05, 0.1) is 22.5 Å². The Labute approximate surface area is 204 Å². The number of aromatic nitrogens is 3. The monoisotopic (exact) mass is 485 g/mol. The van der Waals surface area contributed by atoms with Crippen LogP contribution < -0.4 is 15.4 Å². The summed E-state index contributed by atoms with van der Waals surface area (Å²) < 4.78 is 31.6. The lowest BCUT2D eigenvalue weighted by Gasteiger charge is -2.25. The summed E-state index contributed by atoms with van der Waals surface area (Å²) in [4.78, 5) is 9.48. The number of hydrogen-bond donors (Lipinski definition) is 3. The smallest absolute Gasteiger partial charge is 0.165 e. The number of likely N-dealkylation sites (N-methyl/N-ethyl adjacent to an activating group) is 1. The molecule has 0 spiro atoms. The van der Waals surface area contributed by atoms with E-state index in [1.165, 1.54) is 12.1 Å². The summed E-state index contributed by atoms with van der Waals surface area (Å²) in [6, 6.07) is 4.59. The first-order chi connectivity index (χ1) is 16.9. The minimum atomic E-state index is -0.689. The normalized spacial score (nSPS) is 15.3. The van der Waals surface area contributed by atoms with Crippen LogP contribution in [0.4, 0.5) is 10.2 Å². The predicted octanol–water partition coefficient (Wildman–Crippen LogP) is 3.41. The molecule has 1 aliphatic rings. The molecule has 0 saturated carbocycles. The van der Waals surface area contributed by atoms with E-state index in [0.29, 0.717) is 48.5 Å². The van der Waals surface area contributed by atoms with Crippen molar-refractivity contribution < 1.29 is 23.5 Å². The molecule has 4 rings (SSSR count). The Kier molecular flexibility index (Phi) is 7.94. The van der Waals surface area contributed by atoms with Gasteiger partial charge in [-0.15, -0.1) is 0 Å². The van der Waals surface area contributed by atoms with Gasteiger partial charge in [-0.05, 0) is 58.9 Å². The number of benzene rings is 1. The molecule has 10 heteroatoms. The average molecular weight is 486 g/mol. The lowest BCUT2D eigenvalue weighted by atomic mass is 10.0. The molecule has 3 N–H and O–H groups in total.